The van der Waals surface area contributed by atoms with Crippen LogP contribution in [0.1, 0.15) is 38.7 Å². The lowest BCUT2D eigenvalue weighted by atomic mass is 10.1. The van der Waals surface area contributed by atoms with Crippen LogP contribution < -0.4 is 4.90 Å². The van der Waals surface area contributed by atoms with Gasteiger partial charge in [-0.05, 0) is 38.3 Å². The molecule has 1 fully saturated rings. The number of pyridine rings is 1. The molecular formula is C13H17N3. The molecule has 0 bridgehead atoms. The molecule has 1 aromatic heterocycles. The molecule has 0 saturated carbocycles. The summed E-state index contributed by atoms with van der Waals surface area (Å²) >= 11 is 0. The molecule has 0 aromatic carbocycles. The maximum atomic E-state index is 9.11. The predicted octanol–water partition coefficient (Wildman–Crippen LogP) is 2.72. The summed E-state index contributed by atoms with van der Waals surface area (Å²) in [6, 6.07) is 6.94. The highest BCUT2D eigenvalue weighted by atomic mass is 15.3. The molecule has 84 valence electrons. The summed E-state index contributed by atoms with van der Waals surface area (Å²) in [4.78, 5) is 6.70. The number of nitriles is 1. The Morgan fingerprint density at radius 3 is 3.06 bits per heavy atom. The Labute approximate surface area is 96.7 Å². The third-order valence-corrected chi connectivity index (χ3v) is 3.41. The normalized spacial score (nSPS) is 24.4. The van der Waals surface area contributed by atoms with E-state index in [0.29, 0.717) is 17.6 Å². The second kappa shape index (κ2) is 4.52. The quantitative estimate of drug-likeness (QED) is 0.761. The molecule has 1 aliphatic heterocycles. The summed E-state index contributed by atoms with van der Waals surface area (Å²) in [5, 5.41) is 9.11. The van der Waals surface area contributed by atoms with Gasteiger partial charge >= 0.3 is 0 Å². The molecule has 2 heterocycles. The number of hydrogen-bond donors (Lipinski definition) is 0. The molecule has 0 aliphatic carbocycles. The van der Waals surface area contributed by atoms with Gasteiger partial charge in [-0.1, -0.05) is 6.92 Å². The maximum Gasteiger partial charge on any atom is 0.146 e. The molecule has 3 heteroatoms. The van der Waals surface area contributed by atoms with Gasteiger partial charge in [-0.3, -0.25) is 0 Å². The minimum atomic E-state index is 0.493. The van der Waals surface area contributed by atoms with E-state index in [0.717, 1.165) is 12.2 Å². The van der Waals surface area contributed by atoms with Gasteiger partial charge in [0.05, 0.1) is 5.56 Å². The van der Waals surface area contributed by atoms with Crippen LogP contribution in [0.15, 0.2) is 18.3 Å². The fourth-order valence-electron chi connectivity index (χ4n) is 2.54. The molecule has 0 amide bonds. The van der Waals surface area contributed by atoms with Gasteiger partial charge in [0, 0.05) is 18.3 Å². The lowest BCUT2D eigenvalue weighted by molar-refractivity contribution is 0.620. The molecule has 2 atom stereocenters. The van der Waals surface area contributed by atoms with E-state index in [-0.39, 0.29) is 0 Å². The Morgan fingerprint density at radius 2 is 2.38 bits per heavy atom. The largest absolute Gasteiger partial charge is 0.350 e. The summed E-state index contributed by atoms with van der Waals surface area (Å²) in [6.45, 7) is 4.41. The molecule has 16 heavy (non-hydrogen) atoms. The molecule has 2 unspecified atom stereocenters. The minimum Gasteiger partial charge on any atom is -0.350 e. The van der Waals surface area contributed by atoms with Gasteiger partial charge in [0.25, 0.3) is 0 Å². The van der Waals surface area contributed by atoms with Crippen LogP contribution in [-0.4, -0.2) is 17.1 Å². The standard InChI is InChI=1S/C13H17N3/c1-3-12-7-6-10(2)16(12)13-11(9-14)5-4-8-15-13/h4-5,8,10,12H,3,6-7H2,1-2H3. The van der Waals surface area contributed by atoms with E-state index in [1.54, 1.807) is 6.20 Å². The van der Waals surface area contributed by atoms with Gasteiger partial charge in [-0.25, -0.2) is 4.98 Å². The number of rotatable bonds is 2. The Balaban J connectivity index is 2.39. The van der Waals surface area contributed by atoms with E-state index in [1.165, 1.54) is 12.8 Å². The van der Waals surface area contributed by atoms with E-state index in [9.17, 15) is 0 Å². The Hall–Kier alpha value is -1.56. The van der Waals surface area contributed by atoms with Crippen molar-refractivity contribution in [3.63, 3.8) is 0 Å². The zero-order valence-electron chi connectivity index (χ0n) is 9.85. The van der Waals surface area contributed by atoms with Crippen molar-refractivity contribution in [1.82, 2.24) is 4.98 Å². The molecule has 1 aromatic rings. The summed E-state index contributed by atoms with van der Waals surface area (Å²) in [5.74, 6) is 0.863. The third-order valence-electron chi connectivity index (χ3n) is 3.41. The van der Waals surface area contributed by atoms with E-state index in [1.807, 2.05) is 12.1 Å². The third kappa shape index (κ3) is 1.76. The first-order valence-corrected chi connectivity index (χ1v) is 5.91. The Morgan fingerprint density at radius 1 is 1.56 bits per heavy atom. The molecule has 0 radical (unpaired) electrons. The maximum absolute atomic E-state index is 9.11. The van der Waals surface area contributed by atoms with Crippen molar-refractivity contribution in [2.75, 3.05) is 4.90 Å². The number of nitrogens with zero attached hydrogens (tertiary/aromatic N) is 3. The van der Waals surface area contributed by atoms with E-state index in [4.69, 9.17) is 5.26 Å². The molecule has 0 spiro atoms. The SMILES string of the molecule is CCC1CCC(C)N1c1ncccc1C#N. The fraction of sp³-hybridized carbons (Fsp3) is 0.538. The molecule has 2 rings (SSSR count). The first-order chi connectivity index (χ1) is 7.77. The zero-order chi connectivity index (χ0) is 11.5. The fourth-order valence-corrected chi connectivity index (χ4v) is 2.54. The molecular weight excluding hydrogens is 198 g/mol. The van der Waals surface area contributed by atoms with Crippen LogP contribution in [0.2, 0.25) is 0 Å². The van der Waals surface area contributed by atoms with Gasteiger partial charge in [-0.2, -0.15) is 5.26 Å². The van der Waals surface area contributed by atoms with Crippen LogP contribution in [0.4, 0.5) is 5.82 Å². The van der Waals surface area contributed by atoms with E-state index in [2.05, 4.69) is 29.8 Å². The average molecular weight is 215 g/mol. The van der Waals surface area contributed by atoms with Gasteiger partial charge in [0.2, 0.25) is 0 Å². The molecule has 0 N–H and O–H groups in total. The first-order valence-electron chi connectivity index (χ1n) is 5.91. The first kappa shape index (κ1) is 10.9. The van der Waals surface area contributed by atoms with Gasteiger partial charge < -0.3 is 4.90 Å². The second-order valence-corrected chi connectivity index (χ2v) is 4.38. The minimum absolute atomic E-state index is 0.493. The summed E-state index contributed by atoms with van der Waals surface area (Å²) in [5.41, 5.74) is 0.690. The van der Waals surface area contributed by atoms with Crippen molar-refractivity contribution in [3.05, 3.63) is 23.9 Å². The number of hydrogen-bond acceptors (Lipinski definition) is 3. The van der Waals surface area contributed by atoms with Crippen LogP contribution in [-0.2, 0) is 0 Å². The van der Waals surface area contributed by atoms with Crippen LogP contribution in [0, 0.1) is 11.3 Å². The van der Waals surface area contributed by atoms with Crippen molar-refractivity contribution >= 4 is 5.82 Å². The van der Waals surface area contributed by atoms with Gasteiger partial charge in [-0.15, -0.1) is 0 Å². The van der Waals surface area contributed by atoms with Crippen LogP contribution in [0.3, 0.4) is 0 Å². The molecule has 1 aliphatic rings. The van der Waals surface area contributed by atoms with E-state index < -0.39 is 0 Å². The second-order valence-electron chi connectivity index (χ2n) is 4.38. The molecule has 1 saturated heterocycles. The Bertz CT molecular complexity index is 408. The highest BCUT2D eigenvalue weighted by molar-refractivity contribution is 5.55. The average Bonchev–Trinajstić information content (AvgIpc) is 2.70. The highest BCUT2D eigenvalue weighted by Gasteiger charge is 2.31. The lowest BCUT2D eigenvalue weighted by Gasteiger charge is -2.29. The highest BCUT2D eigenvalue weighted by Crippen LogP contribution is 2.32. The summed E-state index contributed by atoms with van der Waals surface area (Å²) < 4.78 is 0. The van der Waals surface area contributed by atoms with Gasteiger partial charge in [0.15, 0.2) is 0 Å². The summed E-state index contributed by atoms with van der Waals surface area (Å²) in [6.07, 6.45) is 5.29. The van der Waals surface area contributed by atoms with E-state index >= 15 is 0 Å². The molecule has 3 nitrogen and oxygen atoms in total. The van der Waals surface area contributed by atoms with Crippen molar-refractivity contribution < 1.29 is 0 Å². The van der Waals surface area contributed by atoms with Crippen LogP contribution >= 0.6 is 0 Å². The smallest absolute Gasteiger partial charge is 0.146 e. The van der Waals surface area contributed by atoms with Crippen molar-refractivity contribution in [3.8, 4) is 6.07 Å². The number of anilines is 1. The van der Waals surface area contributed by atoms with Crippen molar-refractivity contribution in [1.29, 1.82) is 5.26 Å². The summed E-state index contributed by atoms with van der Waals surface area (Å²) in [7, 11) is 0. The lowest BCUT2D eigenvalue weighted by Crippen LogP contribution is -2.35. The van der Waals surface area contributed by atoms with Crippen molar-refractivity contribution in [2.45, 2.75) is 45.2 Å². The predicted molar refractivity (Wildman–Crippen MR) is 64.2 cm³/mol. The van der Waals surface area contributed by atoms with Gasteiger partial charge in [0.1, 0.15) is 11.9 Å². The van der Waals surface area contributed by atoms with Crippen LogP contribution in [0.25, 0.3) is 0 Å². The number of aromatic nitrogens is 1. The van der Waals surface area contributed by atoms with Crippen molar-refractivity contribution in [2.24, 2.45) is 0 Å². The van der Waals surface area contributed by atoms with Crippen LogP contribution in [0.5, 0.6) is 0 Å². The topological polar surface area (TPSA) is 39.9 Å². The monoisotopic (exact) mass is 215 g/mol. The zero-order valence-corrected chi connectivity index (χ0v) is 9.85. The Kier molecular flexibility index (Phi) is 3.09.